The fraction of sp³-hybridized carbons (Fsp3) is 0.118. The van der Waals surface area contributed by atoms with Gasteiger partial charge in [0.25, 0.3) is 0 Å². The Labute approximate surface area is 152 Å². The largest absolute Gasteiger partial charge is 0.497 e. The van der Waals surface area contributed by atoms with Crippen LogP contribution in [-0.4, -0.2) is 27.3 Å². The molecule has 0 spiro atoms. The van der Waals surface area contributed by atoms with Gasteiger partial charge in [0.15, 0.2) is 5.16 Å². The van der Waals surface area contributed by atoms with E-state index in [9.17, 15) is 0 Å². The SMILES string of the molecule is COc1ccc(-c2nnc(CSc3nc4ccc(Cl)cc4[nH]3)o2)cc1. The molecule has 0 aliphatic rings. The summed E-state index contributed by atoms with van der Waals surface area (Å²) in [4.78, 5) is 7.72. The van der Waals surface area contributed by atoms with Crippen LogP contribution in [0.4, 0.5) is 0 Å². The minimum absolute atomic E-state index is 0.481. The van der Waals surface area contributed by atoms with Crippen molar-refractivity contribution in [3.63, 3.8) is 0 Å². The topological polar surface area (TPSA) is 76.8 Å². The number of imidazole rings is 1. The highest BCUT2D eigenvalue weighted by atomic mass is 35.5. The van der Waals surface area contributed by atoms with E-state index in [0.29, 0.717) is 22.6 Å². The number of halogens is 1. The standard InChI is InChI=1S/C17H13ClN4O2S/c1-23-12-5-2-10(3-6-12)16-22-21-15(24-16)9-25-17-19-13-7-4-11(18)8-14(13)20-17/h2-8H,9H2,1H3,(H,19,20). The number of hydrogen-bond donors (Lipinski definition) is 1. The molecule has 126 valence electrons. The van der Waals surface area contributed by atoms with Gasteiger partial charge in [-0.2, -0.15) is 0 Å². The number of nitrogens with zero attached hydrogens (tertiary/aromatic N) is 3. The smallest absolute Gasteiger partial charge is 0.247 e. The number of hydrogen-bond acceptors (Lipinski definition) is 6. The lowest BCUT2D eigenvalue weighted by atomic mass is 10.2. The first-order chi connectivity index (χ1) is 12.2. The first-order valence-electron chi connectivity index (χ1n) is 7.46. The number of ether oxygens (including phenoxy) is 1. The quantitative estimate of drug-likeness (QED) is 0.517. The number of H-pyrrole nitrogens is 1. The van der Waals surface area contributed by atoms with Gasteiger partial charge in [0.1, 0.15) is 5.75 Å². The van der Waals surface area contributed by atoms with E-state index in [0.717, 1.165) is 27.5 Å². The first-order valence-corrected chi connectivity index (χ1v) is 8.82. The lowest BCUT2D eigenvalue weighted by molar-refractivity contribution is 0.415. The fourth-order valence-electron chi connectivity index (χ4n) is 2.32. The van der Waals surface area contributed by atoms with E-state index in [1.165, 1.54) is 11.8 Å². The van der Waals surface area contributed by atoms with Gasteiger partial charge in [-0.3, -0.25) is 0 Å². The van der Waals surface area contributed by atoms with Gasteiger partial charge in [-0.15, -0.1) is 10.2 Å². The number of aromatic nitrogens is 4. The zero-order valence-corrected chi connectivity index (χ0v) is 14.8. The molecule has 2 heterocycles. The van der Waals surface area contributed by atoms with Gasteiger partial charge in [0, 0.05) is 10.6 Å². The normalized spacial score (nSPS) is 11.1. The Bertz CT molecular complexity index is 1010. The zero-order chi connectivity index (χ0) is 17.2. The highest BCUT2D eigenvalue weighted by molar-refractivity contribution is 7.98. The van der Waals surface area contributed by atoms with Gasteiger partial charge in [0.2, 0.25) is 11.8 Å². The van der Waals surface area contributed by atoms with Crippen LogP contribution in [0.1, 0.15) is 5.89 Å². The lowest BCUT2D eigenvalue weighted by Crippen LogP contribution is -1.82. The zero-order valence-electron chi connectivity index (χ0n) is 13.2. The van der Waals surface area contributed by atoms with Crippen molar-refractivity contribution in [1.29, 1.82) is 0 Å². The van der Waals surface area contributed by atoms with Crippen LogP contribution in [0.3, 0.4) is 0 Å². The first kappa shape index (κ1) is 16.0. The van der Waals surface area contributed by atoms with Crippen LogP contribution in [0.15, 0.2) is 52.0 Å². The molecule has 0 atom stereocenters. The van der Waals surface area contributed by atoms with Gasteiger partial charge in [-0.05, 0) is 42.5 Å². The average molecular weight is 373 g/mol. The maximum atomic E-state index is 5.99. The van der Waals surface area contributed by atoms with Gasteiger partial charge in [-0.25, -0.2) is 4.98 Å². The Hall–Kier alpha value is -2.51. The Kier molecular flexibility index (Phi) is 4.33. The number of benzene rings is 2. The Morgan fingerprint density at radius 2 is 2.00 bits per heavy atom. The van der Waals surface area contributed by atoms with Crippen molar-refractivity contribution in [1.82, 2.24) is 20.2 Å². The third kappa shape index (κ3) is 3.47. The number of nitrogens with one attached hydrogen (secondary N) is 1. The van der Waals surface area contributed by atoms with Gasteiger partial charge < -0.3 is 14.1 Å². The minimum atomic E-state index is 0.481. The van der Waals surface area contributed by atoms with Crippen LogP contribution in [0.5, 0.6) is 5.75 Å². The van der Waals surface area contributed by atoms with Crippen molar-refractivity contribution in [3.05, 3.63) is 53.4 Å². The van der Waals surface area contributed by atoms with E-state index in [1.54, 1.807) is 7.11 Å². The number of thioether (sulfide) groups is 1. The van der Waals surface area contributed by atoms with Crippen LogP contribution < -0.4 is 4.74 Å². The Morgan fingerprint density at radius 1 is 1.16 bits per heavy atom. The molecule has 6 nitrogen and oxygen atoms in total. The Morgan fingerprint density at radius 3 is 2.80 bits per heavy atom. The third-order valence-corrected chi connectivity index (χ3v) is 4.65. The molecule has 0 fully saturated rings. The van der Waals surface area contributed by atoms with Gasteiger partial charge in [-0.1, -0.05) is 23.4 Å². The summed E-state index contributed by atoms with van der Waals surface area (Å²) in [6, 6.07) is 13.0. The summed E-state index contributed by atoms with van der Waals surface area (Å²) in [7, 11) is 1.63. The highest BCUT2D eigenvalue weighted by Gasteiger charge is 2.11. The molecule has 4 rings (SSSR count). The van der Waals surface area contributed by atoms with Crippen molar-refractivity contribution in [3.8, 4) is 17.2 Å². The summed E-state index contributed by atoms with van der Waals surface area (Å²) in [5, 5.41) is 9.63. The molecule has 8 heteroatoms. The molecule has 0 amide bonds. The minimum Gasteiger partial charge on any atom is -0.497 e. The van der Waals surface area contributed by atoms with E-state index >= 15 is 0 Å². The van der Waals surface area contributed by atoms with E-state index < -0.39 is 0 Å². The Balaban J connectivity index is 1.46. The van der Waals surface area contributed by atoms with Crippen LogP contribution in [0.2, 0.25) is 5.02 Å². The average Bonchev–Trinajstić information content (AvgIpc) is 3.26. The molecular weight excluding hydrogens is 360 g/mol. The molecular formula is C17H13ClN4O2S. The summed E-state index contributed by atoms with van der Waals surface area (Å²) < 4.78 is 10.9. The second-order valence-corrected chi connectivity index (χ2v) is 6.62. The summed E-state index contributed by atoms with van der Waals surface area (Å²) in [5.74, 6) is 2.32. The molecule has 0 saturated carbocycles. The number of aromatic amines is 1. The molecule has 0 aliphatic carbocycles. The molecule has 0 saturated heterocycles. The third-order valence-electron chi connectivity index (χ3n) is 3.56. The van der Waals surface area contributed by atoms with E-state index in [-0.39, 0.29) is 0 Å². The molecule has 1 N–H and O–H groups in total. The van der Waals surface area contributed by atoms with Crippen molar-refractivity contribution >= 4 is 34.4 Å². The molecule has 0 aliphatic heterocycles. The van der Waals surface area contributed by atoms with Crippen molar-refractivity contribution in [2.75, 3.05) is 7.11 Å². The summed E-state index contributed by atoms with van der Waals surface area (Å²) in [6.07, 6.45) is 0. The van der Waals surface area contributed by atoms with E-state index in [1.807, 2.05) is 42.5 Å². The molecule has 0 radical (unpaired) electrons. The molecule has 2 aromatic heterocycles. The predicted molar refractivity (Wildman–Crippen MR) is 97.0 cm³/mol. The molecule has 0 unspecified atom stereocenters. The lowest BCUT2D eigenvalue weighted by Gasteiger charge is -1.99. The van der Waals surface area contributed by atoms with Crippen molar-refractivity contribution in [2.45, 2.75) is 10.9 Å². The van der Waals surface area contributed by atoms with E-state index in [2.05, 4.69) is 20.2 Å². The maximum Gasteiger partial charge on any atom is 0.247 e. The monoisotopic (exact) mass is 372 g/mol. The van der Waals surface area contributed by atoms with Crippen molar-refractivity contribution < 1.29 is 9.15 Å². The number of rotatable bonds is 5. The number of fused-ring (bicyclic) bond motifs is 1. The molecule has 4 aromatic rings. The second-order valence-electron chi connectivity index (χ2n) is 5.22. The van der Waals surface area contributed by atoms with Crippen LogP contribution in [0, 0.1) is 0 Å². The number of methoxy groups -OCH3 is 1. The van der Waals surface area contributed by atoms with E-state index in [4.69, 9.17) is 20.8 Å². The highest BCUT2D eigenvalue weighted by Crippen LogP contribution is 2.26. The molecule has 25 heavy (non-hydrogen) atoms. The summed E-state index contributed by atoms with van der Waals surface area (Å²) >= 11 is 7.48. The van der Waals surface area contributed by atoms with Gasteiger partial charge in [0.05, 0.1) is 23.9 Å². The second kappa shape index (κ2) is 6.78. The fourth-order valence-corrected chi connectivity index (χ4v) is 3.21. The maximum absolute atomic E-state index is 5.99. The van der Waals surface area contributed by atoms with Crippen LogP contribution >= 0.6 is 23.4 Å². The summed E-state index contributed by atoms with van der Waals surface area (Å²) in [5.41, 5.74) is 2.62. The molecule has 2 aromatic carbocycles. The molecule has 0 bridgehead atoms. The predicted octanol–water partition coefficient (Wildman–Crippen LogP) is 4.57. The van der Waals surface area contributed by atoms with Crippen molar-refractivity contribution in [2.24, 2.45) is 0 Å². The summed E-state index contributed by atoms with van der Waals surface area (Å²) in [6.45, 7) is 0. The van der Waals surface area contributed by atoms with Crippen LogP contribution in [-0.2, 0) is 5.75 Å². The van der Waals surface area contributed by atoms with Crippen LogP contribution in [0.25, 0.3) is 22.5 Å². The van der Waals surface area contributed by atoms with Gasteiger partial charge >= 0.3 is 0 Å².